The van der Waals surface area contributed by atoms with Gasteiger partial charge in [-0.2, -0.15) is 0 Å². The van der Waals surface area contributed by atoms with Gasteiger partial charge in [-0.3, -0.25) is 14.9 Å². The molecule has 1 aromatic rings. The summed E-state index contributed by atoms with van der Waals surface area (Å²) in [5, 5.41) is 11.6. The summed E-state index contributed by atoms with van der Waals surface area (Å²) in [7, 11) is 0. The Bertz CT molecular complexity index is 518. The highest BCUT2D eigenvalue weighted by atomic mass is 79.9. The van der Waals surface area contributed by atoms with Crippen molar-refractivity contribution in [1.29, 1.82) is 0 Å². The van der Waals surface area contributed by atoms with Gasteiger partial charge in [0.05, 0.1) is 6.42 Å². The first-order chi connectivity index (χ1) is 9.56. The Labute approximate surface area is 126 Å². The highest BCUT2D eigenvalue weighted by molar-refractivity contribution is 9.10. The lowest BCUT2D eigenvalue weighted by Crippen LogP contribution is -2.49. The molecule has 0 aliphatic heterocycles. The molecule has 1 saturated carbocycles. The van der Waals surface area contributed by atoms with Crippen molar-refractivity contribution in [3.63, 3.8) is 0 Å². The van der Waals surface area contributed by atoms with Gasteiger partial charge in [0.15, 0.2) is 0 Å². The van der Waals surface area contributed by atoms with Crippen LogP contribution in [0.4, 0.5) is 0 Å². The highest BCUT2D eigenvalue weighted by Gasteiger charge is 2.49. The van der Waals surface area contributed by atoms with Crippen LogP contribution in [0.5, 0.6) is 0 Å². The molecule has 1 aliphatic rings. The molecule has 0 spiro atoms. The Hall–Kier alpha value is -1.23. The minimum absolute atomic E-state index is 0.181. The van der Waals surface area contributed by atoms with E-state index in [0.717, 1.165) is 35.7 Å². The van der Waals surface area contributed by atoms with Crippen LogP contribution in [0.25, 0.3) is 0 Å². The molecule has 0 aromatic heterocycles. The second kappa shape index (κ2) is 6.48. The van der Waals surface area contributed by atoms with E-state index in [1.807, 2.05) is 24.3 Å². The van der Waals surface area contributed by atoms with E-state index in [-0.39, 0.29) is 17.1 Å². The summed E-state index contributed by atoms with van der Waals surface area (Å²) in [6, 6.07) is 7.42. The molecule has 0 saturated heterocycles. The number of nitro groups is 1. The van der Waals surface area contributed by atoms with E-state index in [0.29, 0.717) is 12.8 Å². The molecule has 0 N–H and O–H groups in total. The molecule has 0 amide bonds. The van der Waals surface area contributed by atoms with Gasteiger partial charge in [0.25, 0.3) is 5.54 Å². The monoisotopic (exact) mass is 339 g/mol. The number of hydrogen-bond donors (Lipinski definition) is 0. The van der Waals surface area contributed by atoms with Crippen LogP contribution in [0.2, 0.25) is 0 Å². The second-order valence-electron chi connectivity index (χ2n) is 5.39. The summed E-state index contributed by atoms with van der Waals surface area (Å²) < 4.78 is 0.830. The van der Waals surface area contributed by atoms with Crippen molar-refractivity contribution >= 4 is 21.7 Å². The number of halogens is 1. The lowest BCUT2D eigenvalue weighted by atomic mass is 9.79. The third-order valence-electron chi connectivity index (χ3n) is 4.05. The smallest absolute Gasteiger partial charge is 0.283 e. The molecule has 1 aliphatic carbocycles. The number of carbonyl (C=O) groups excluding carboxylic acids is 1. The predicted octanol–water partition coefficient (Wildman–Crippen LogP) is 3.93. The van der Waals surface area contributed by atoms with Gasteiger partial charge in [-0.05, 0) is 24.5 Å². The maximum Gasteiger partial charge on any atom is 0.283 e. The Morgan fingerprint density at radius 1 is 1.20 bits per heavy atom. The molecule has 1 aromatic carbocycles. The maximum absolute atomic E-state index is 12.4. The van der Waals surface area contributed by atoms with Crippen molar-refractivity contribution in [1.82, 2.24) is 0 Å². The molecule has 5 heteroatoms. The van der Waals surface area contributed by atoms with Gasteiger partial charge in [-0.1, -0.05) is 47.0 Å². The molecule has 1 atom stereocenters. The summed E-state index contributed by atoms with van der Waals surface area (Å²) >= 11 is 3.42. The third-order valence-corrected chi connectivity index (χ3v) is 4.83. The number of Topliss-reactive ketones (excluding diaryl/α,β-unsaturated/α-hetero) is 1. The molecule has 20 heavy (non-hydrogen) atoms. The lowest BCUT2D eigenvalue weighted by Gasteiger charge is -2.26. The summed E-state index contributed by atoms with van der Waals surface area (Å²) in [5.74, 6) is -0.210. The zero-order valence-corrected chi connectivity index (χ0v) is 12.9. The average Bonchev–Trinajstić information content (AvgIpc) is 2.40. The van der Waals surface area contributed by atoms with Crippen molar-refractivity contribution in [3.05, 3.63) is 44.4 Å². The SMILES string of the molecule is O=C1CCCCCCC1(Cc1ccccc1Br)[N+](=O)[O-]. The number of rotatable bonds is 3. The molecule has 108 valence electrons. The van der Waals surface area contributed by atoms with Crippen LogP contribution in [-0.2, 0) is 11.2 Å². The Morgan fingerprint density at radius 3 is 2.60 bits per heavy atom. The van der Waals surface area contributed by atoms with Crippen LogP contribution in [-0.4, -0.2) is 16.2 Å². The molecule has 0 radical (unpaired) electrons. The zero-order chi connectivity index (χ0) is 14.6. The second-order valence-corrected chi connectivity index (χ2v) is 6.25. The van der Waals surface area contributed by atoms with Crippen molar-refractivity contribution < 1.29 is 9.72 Å². The number of ketones is 1. The quantitative estimate of drug-likeness (QED) is 0.619. The van der Waals surface area contributed by atoms with Crippen molar-refractivity contribution in [2.24, 2.45) is 0 Å². The van der Waals surface area contributed by atoms with Gasteiger partial charge in [-0.15, -0.1) is 0 Å². The first-order valence-corrected chi connectivity index (χ1v) is 7.77. The fraction of sp³-hybridized carbons (Fsp3) is 0.533. The van der Waals surface area contributed by atoms with Crippen LogP contribution < -0.4 is 0 Å². The highest BCUT2D eigenvalue weighted by Crippen LogP contribution is 2.32. The van der Waals surface area contributed by atoms with E-state index in [4.69, 9.17) is 0 Å². The molecular formula is C15H18BrNO3. The Kier molecular flexibility index (Phi) is 4.91. The number of hydrogen-bond acceptors (Lipinski definition) is 3. The number of benzene rings is 1. The molecule has 0 bridgehead atoms. The van der Waals surface area contributed by atoms with Crippen LogP contribution in [0.1, 0.15) is 44.1 Å². The third kappa shape index (κ3) is 3.08. The van der Waals surface area contributed by atoms with E-state index in [9.17, 15) is 14.9 Å². The van der Waals surface area contributed by atoms with Crippen molar-refractivity contribution in [2.75, 3.05) is 0 Å². The van der Waals surface area contributed by atoms with Gasteiger partial charge >= 0.3 is 0 Å². The van der Waals surface area contributed by atoms with E-state index in [1.165, 1.54) is 0 Å². The van der Waals surface area contributed by atoms with Crippen LogP contribution in [0.15, 0.2) is 28.7 Å². The van der Waals surface area contributed by atoms with Gasteiger partial charge in [0.1, 0.15) is 0 Å². The van der Waals surface area contributed by atoms with E-state index < -0.39 is 5.54 Å². The normalized spacial score (nSPS) is 23.9. The first kappa shape index (κ1) is 15.2. The van der Waals surface area contributed by atoms with E-state index >= 15 is 0 Å². The number of carbonyl (C=O) groups is 1. The molecule has 2 rings (SSSR count). The van der Waals surface area contributed by atoms with Gasteiger partial charge in [0, 0.05) is 22.2 Å². The molecule has 0 heterocycles. The predicted molar refractivity (Wildman–Crippen MR) is 80.3 cm³/mol. The van der Waals surface area contributed by atoms with Crippen molar-refractivity contribution in [2.45, 2.75) is 50.5 Å². The van der Waals surface area contributed by atoms with Gasteiger partial charge < -0.3 is 0 Å². The first-order valence-electron chi connectivity index (χ1n) is 6.97. The molecule has 4 nitrogen and oxygen atoms in total. The molecule has 1 fully saturated rings. The molecule has 1 unspecified atom stereocenters. The average molecular weight is 340 g/mol. The van der Waals surface area contributed by atoms with Gasteiger partial charge in [-0.25, -0.2) is 0 Å². The standard InChI is InChI=1S/C15H18BrNO3/c16-13-8-5-4-7-12(13)11-15(17(19)20)10-6-2-1-3-9-14(15)18/h4-5,7-8H,1-3,6,9-11H2. The van der Waals surface area contributed by atoms with E-state index in [1.54, 1.807) is 0 Å². The van der Waals surface area contributed by atoms with E-state index in [2.05, 4.69) is 15.9 Å². The topological polar surface area (TPSA) is 60.2 Å². The summed E-state index contributed by atoms with van der Waals surface area (Å²) in [6.45, 7) is 0. The van der Waals surface area contributed by atoms with Crippen LogP contribution in [0, 0.1) is 10.1 Å². The summed E-state index contributed by atoms with van der Waals surface area (Å²) in [6.07, 6.45) is 4.33. The maximum atomic E-state index is 12.4. The summed E-state index contributed by atoms with van der Waals surface area (Å²) in [4.78, 5) is 23.7. The Balaban J connectivity index is 2.35. The lowest BCUT2D eigenvalue weighted by molar-refractivity contribution is -0.553. The number of nitrogens with zero attached hydrogens (tertiary/aromatic N) is 1. The van der Waals surface area contributed by atoms with Crippen LogP contribution in [0.3, 0.4) is 0 Å². The molecular weight excluding hydrogens is 322 g/mol. The fourth-order valence-electron chi connectivity index (χ4n) is 2.83. The van der Waals surface area contributed by atoms with Crippen LogP contribution >= 0.6 is 15.9 Å². The zero-order valence-electron chi connectivity index (χ0n) is 11.3. The largest absolute Gasteiger partial charge is 0.292 e. The fourth-order valence-corrected chi connectivity index (χ4v) is 3.26. The summed E-state index contributed by atoms with van der Waals surface area (Å²) in [5.41, 5.74) is -0.609. The minimum atomic E-state index is -1.44. The van der Waals surface area contributed by atoms with Crippen molar-refractivity contribution in [3.8, 4) is 0 Å². The Morgan fingerprint density at radius 2 is 1.90 bits per heavy atom. The van der Waals surface area contributed by atoms with Gasteiger partial charge in [0.2, 0.25) is 5.78 Å². The minimum Gasteiger partial charge on any atom is -0.292 e.